The molecular formula is C13H22N3O4P. The molecule has 0 aromatic heterocycles. The molecule has 2 aliphatic heterocycles. The fourth-order valence-corrected chi connectivity index (χ4v) is 3.24. The third-order valence-corrected chi connectivity index (χ3v) is 4.91. The Labute approximate surface area is 124 Å². The first-order valence-electron chi connectivity index (χ1n) is 6.71. The Balaban J connectivity index is 2.06. The minimum absolute atomic E-state index is 0.212. The van der Waals surface area contributed by atoms with Crippen LogP contribution in [0.1, 0.15) is 6.42 Å². The van der Waals surface area contributed by atoms with Crippen molar-refractivity contribution >= 4 is 25.3 Å². The van der Waals surface area contributed by atoms with Crippen molar-refractivity contribution in [1.82, 2.24) is 10.3 Å². The van der Waals surface area contributed by atoms with Gasteiger partial charge in [0.1, 0.15) is 24.2 Å². The van der Waals surface area contributed by atoms with Crippen molar-refractivity contribution in [3.05, 3.63) is 12.4 Å². The summed E-state index contributed by atoms with van der Waals surface area (Å²) >= 11 is 0. The summed E-state index contributed by atoms with van der Waals surface area (Å²) in [5.74, 6) is -0.172. The molecule has 0 aliphatic carbocycles. The number of nitrogens with zero attached hydrogens (tertiary/aromatic N) is 2. The van der Waals surface area contributed by atoms with Crippen molar-refractivity contribution in [3.63, 3.8) is 0 Å². The van der Waals surface area contributed by atoms with E-state index in [-0.39, 0.29) is 11.7 Å². The molecule has 2 aliphatic rings. The summed E-state index contributed by atoms with van der Waals surface area (Å²) in [6.45, 7) is 6.65. The van der Waals surface area contributed by atoms with Gasteiger partial charge in [-0.1, -0.05) is 6.58 Å². The lowest BCUT2D eigenvalue weighted by atomic mass is 10.1. The molecule has 118 valence electrons. The quantitative estimate of drug-likeness (QED) is 0.604. The standard InChI is InChI=1S/C13H22N3O4P/c1-8-15-10(17)7-14-16(8)13-12(19)11(18)9(20-13)5-6-21(2,3)4/h7,9,11-13,18-19H,1-2,5-6H2,3-4H3,(H,15,17). The number of amides is 1. The SMILES string of the molecule is C=C1NC(=O)C=NN1C1OC(CCP(=C)(C)C)C(O)C1O. The molecule has 8 heteroatoms. The Morgan fingerprint density at radius 2 is 2.14 bits per heavy atom. The smallest absolute Gasteiger partial charge is 0.269 e. The molecule has 1 saturated heterocycles. The van der Waals surface area contributed by atoms with E-state index in [9.17, 15) is 15.0 Å². The highest BCUT2D eigenvalue weighted by atomic mass is 31.2. The number of nitrogens with one attached hydrogen (secondary N) is 1. The highest BCUT2D eigenvalue weighted by molar-refractivity contribution is 7.72. The maximum absolute atomic E-state index is 11.2. The zero-order valence-electron chi connectivity index (χ0n) is 12.3. The molecule has 21 heavy (non-hydrogen) atoms. The predicted molar refractivity (Wildman–Crippen MR) is 83.7 cm³/mol. The van der Waals surface area contributed by atoms with Crippen LogP contribution in [0.15, 0.2) is 17.5 Å². The molecule has 3 N–H and O–H groups in total. The molecule has 0 spiro atoms. The van der Waals surface area contributed by atoms with Gasteiger partial charge in [0.25, 0.3) is 5.91 Å². The van der Waals surface area contributed by atoms with Gasteiger partial charge in [-0.3, -0.25) is 4.79 Å². The number of carbonyl (C=O) groups is 1. The van der Waals surface area contributed by atoms with E-state index in [2.05, 4.69) is 36.6 Å². The topological polar surface area (TPSA) is 94.4 Å². The van der Waals surface area contributed by atoms with Gasteiger partial charge in [0, 0.05) is 0 Å². The maximum Gasteiger partial charge on any atom is 0.269 e. The van der Waals surface area contributed by atoms with E-state index in [1.54, 1.807) is 0 Å². The second-order valence-corrected chi connectivity index (χ2v) is 10.3. The Morgan fingerprint density at radius 3 is 2.71 bits per heavy atom. The summed E-state index contributed by atoms with van der Waals surface area (Å²) in [6, 6.07) is 0. The minimum atomic E-state index is -1.23. The largest absolute Gasteiger partial charge is 0.388 e. The van der Waals surface area contributed by atoms with Gasteiger partial charge in [-0.25, -0.2) is 5.01 Å². The fourth-order valence-electron chi connectivity index (χ4n) is 2.28. The van der Waals surface area contributed by atoms with E-state index >= 15 is 0 Å². The molecule has 0 radical (unpaired) electrons. The molecule has 0 saturated carbocycles. The van der Waals surface area contributed by atoms with Gasteiger partial charge in [0.2, 0.25) is 0 Å². The lowest BCUT2D eigenvalue weighted by Crippen LogP contribution is -2.47. The number of carbonyl (C=O) groups excluding carboxylic acids is 1. The van der Waals surface area contributed by atoms with Crippen LogP contribution in [0.5, 0.6) is 0 Å². The molecule has 7 nitrogen and oxygen atoms in total. The van der Waals surface area contributed by atoms with Gasteiger partial charge < -0.3 is 20.3 Å². The number of hydrazone groups is 1. The van der Waals surface area contributed by atoms with Crippen molar-refractivity contribution in [1.29, 1.82) is 0 Å². The monoisotopic (exact) mass is 315 g/mol. The van der Waals surface area contributed by atoms with Gasteiger partial charge in [0.05, 0.1) is 6.10 Å². The summed E-state index contributed by atoms with van der Waals surface area (Å²) in [4.78, 5) is 11.2. The minimum Gasteiger partial charge on any atom is -0.388 e. The first-order valence-corrected chi connectivity index (χ1v) is 9.76. The summed E-state index contributed by atoms with van der Waals surface area (Å²) in [5.41, 5.74) is 0. The molecule has 4 atom stereocenters. The van der Waals surface area contributed by atoms with Crippen LogP contribution in [0, 0.1) is 0 Å². The second kappa shape index (κ2) is 5.93. The van der Waals surface area contributed by atoms with Crippen LogP contribution in [0.25, 0.3) is 0 Å². The maximum atomic E-state index is 11.2. The van der Waals surface area contributed by atoms with Crippen LogP contribution >= 0.6 is 6.89 Å². The molecule has 4 unspecified atom stereocenters. The van der Waals surface area contributed by atoms with Crippen molar-refractivity contribution in [3.8, 4) is 0 Å². The molecule has 1 fully saturated rings. The van der Waals surface area contributed by atoms with Crippen molar-refractivity contribution in [2.75, 3.05) is 19.5 Å². The Kier molecular flexibility index (Phi) is 4.58. The highest BCUT2D eigenvalue weighted by Gasteiger charge is 2.46. The van der Waals surface area contributed by atoms with Gasteiger partial charge in [-0.15, -0.1) is 13.2 Å². The summed E-state index contributed by atoms with van der Waals surface area (Å²) < 4.78 is 5.72. The van der Waals surface area contributed by atoms with Crippen molar-refractivity contribution in [2.45, 2.75) is 31.0 Å². The number of ether oxygens (including phenoxy) is 1. The van der Waals surface area contributed by atoms with E-state index in [4.69, 9.17) is 4.74 Å². The van der Waals surface area contributed by atoms with Crippen LogP contribution in [0.3, 0.4) is 0 Å². The summed E-state index contributed by atoms with van der Waals surface area (Å²) in [6.07, 6.45) is 3.22. The second-order valence-electron chi connectivity index (χ2n) is 6.02. The Morgan fingerprint density at radius 1 is 1.48 bits per heavy atom. The third-order valence-electron chi connectivity index (χ3n) is 3.44. The third kappa shape index (κ3) is 3.74. The highest BCUT2D eigenvalue weighted by Crippen LogP contribution is 2.38. The fraction of sp³-hybridized carbons (Fsp3) is 0.615. The Bertz CT molecular complexity index is 516. The van der Waals surface area contributed by atoms with Gasteiger partial charge >= 0.3 is 0 Å². The lowest BCUT2D eigenvalue weighted by molar-refractivity contribution is -0.117. The zero-order chi connectivity index (χ0) is 15.8. The molecule has 0 aromatic carbocycles. The zero-order valence-corrected chi connectivity index (χ0v) is 13.2. The van der Waals surface area contributed by atoms with Crippen LogP contribution in [-0.4, -0.2) is 77.7 Å². The molecule has 0 aromatic rings. The van der Waals surface area contributed by atoms with Crippen LogP contribution in [0.2, 0.25) is 0 Å². The first kappa shape index (κ1) is 16.2. The predicted octanol–water partition coefficient (Wildman–Crippen LogP) is -0.579. The van der Waals surface area contributed by atoms with Crippen LogP contribution < -0.4 is 5.32 Å². The van der Waals surface area contributed by atoms with E-state index in [1.807, 2.05) is 0 Å². The van der Waals surface area contributed by atoms with E-state index in [1.165, 1.54) is 5.01 Å². The van der Waals surface area contributed by atoms with Crippen LogP contribution in [-0.2, 0) is 9.53 Å². The van der Waals surface area contributed by atoms with Gasteiger partial charge in [0.15, 0.2) is 6.23 Å². The van der Waals surface area contributed by atoms with Crippen molar-refractivity contribution < 1.29 is 19.7 Å². The number of rotatable bonds is 4. The van der Waals surface area contributed by atoms with Crippen LogP contribution in [0.4, 0.5) is 0 Å². The van der Waals surface area contributed by atoms with E-state index in [0.29, 0.717) is 6.42 Å². The lowest BCUT2D eigenvalue weighted by Gasteiger charge is -2.30. The average Bonchev–Trinajstić information content (AvgIpc) is 2.64. The number of hydrogen-bond donors (Lipinski definition) is 3. The van der Waals surface area contributed by atoms with E-state index in [0.717, 1.165) is 12.4 Å². The molecule has 0 bridgehead atoms. The normalized spacial score (nSPS) is 33.4. The molecular weight excluding hydrogens is 293 g/mol. The van der Waals surface area contributed by atoms with Gasteiger partial charge in [-0.2, -0.15) is 5.10 Å². The summed E-state index contributed by atoms with van der Waals surface area (Å²) in [7, 11) is 0. The molecule has 2 rings (SSSR count). The number of aliphatic hydroxyl groups excluding tert-OH is 2. The molecule has 1 amide bonds. The summed E-state index contributed by atoms with van der Waals surface area (Å²) in [5, 5.41) is 27.9. The molecule has 2 heterocycles. The number of hydrogen-bond acceptors (Lipinski definition) is 6. The van der Waals surface area contributed by atoms with Gasteiger partial charge in [-0.05, 0) is 25.9 Å². The average molecular weight is 315 g/mol. The Hall–Kier alpha value is -1.14. The first-order chi connectivity index (χ1) is 9.69. The van der Waals surface area contributed by atoms with E-state index < -0.39 is 31.4 Å². The van der Waals surface area contributed by atoms with Crippen molar-refractivity contribution in [2.24, 2.45) is 5.10 Å². The number of aliphatic hydroxyl groups is 2.